The third-order valence-corrected chi connectivity index (χ3v) is 2.38. The SMILES string of the molecule is CCc1cc(CC(C)C=O)ccc1N. The van der Waals surface area contributed by atoms with Crippen LogP contribution >= 0.6 is 0 Å². The number of nitrogen functional groups attached to an aromatic ring is 1. The summed E-state index contributed by atoms with van der Waals surface area (Å²) in [5, 5.41) is 0. The van der Waals surface area contributed by atoms with Crippen LogP contribution < -0.4 is 5.73 Å². The highest BCUT2D eigenvalue weighted by Gasteiger charge is 2.03. The summed E-state index contributed by atoms with van der Waals surface area (Å²) in [5.41, 5.74) is 8.99. The van der Waals surface area contributed by atoms with Crippen molar-refractivity contribution in [2.45, 2.75) is 26.7 Å². The van der Waals surface area contributed by atoms with Crippen LogP contribution in [0, 0.1) is 5.92 Å². The van der Waals surface area contributed by atoms with Crippen molar-refractivity contribution in [1.82, 2.24) is 0 Å². The second-order valence-corrected chi connectivity index (χ2v) is 3.70. The molecular weight excluding hydrogens is 174 g/mol. The van der Waals surface area contributed by atoms with Gasteiger partial charge in [-0.3, -0.25) is 0 Å². The van der Waals surface area contributed by atoms with Gasteiger partial charge in [-0.25, -0.2) is 0 Å². The number of aldehydes is 1. The van der Waals surface area contributed by atoms with Gasteiger partial charge in [-0.15, -0.1) is 0 Å². The van der Waals surface area contributed by atoms with Gasteiger partial charge in [0.25, 0.3) is 0 Å². The molecule has 0 fully saturated rings. The van der Waals surface area contributed by atoms with E-state index < -0.39 is 0 Å². The first-order valence-corrected chi connectivity index (χ1v) is 5.00. The lowest BCUT2D eigenvalue weighted by Gasteiger charge is -2.08. The number of hydrogen-bond acceptors (Lipinski definition) is 2. The minimum absolute atomic E-state index is 0.0864. The number of benzene rings is 1. The van der Waals surface area contributed by atoms with Crippen molar-refractivity contribution in [2.24, 2.45) is 5.92 Å². The quantitative estimate of drug-likeness (QED) is 0.585. The molecule has 2 N–H and O–H groups in total. The Morgan fingerprint density at radius 3 is 2.79 bits per heavy atom. The molecule has 0 saturated heterocycles. The lowest BCUT2D eigenvalue weighted by molar-refractivity contribution is -0.110. The van der Waals surface area contributed by atoms with Gasteiger partial charge in [-0.05, 0) is 30.0 Å². The Morgan fingerprint density at radius 1 is 1.50 bits per heavy atom. The van der Waals surface area contributed by atoms with Crippen LogP contribution in [0.15, 0.2) is 18.2 Å². The van der Waals surface area contributed by atoms with Crippen molar-refractivity contribution in [1.29, 1.82) is 0 Å². The minimum Gasteiger partial charge on any atom is -0.399 e. The lowest BCUT2D eigenvalue weighted by atomic mass is 9.99. The number of carbonyl (C=O) groups is 1. The highest BCUT2D eigenvalue weighted by Crippen LogP contribution is 2.16. The molecule has 2 heteroatoms. The summed E-state index contributed by atoms with van der Waals surface area (Å²) in [7, 11) is 0. The van der Waals surface area contributed by atoms with Gasteiger partial charge in [0, 0.05) is 11.6 Å². The minimum atomic E-state index is 0.0864. The first kappa shape index (κ1) is 10.8. The molecule has 1 rings (SSSR count). The second kappa shape index (κ2) is 4.80. The van der Waals surface area contributed by atoms with E-state index in [9.17, 15) is 4.79 Å². The van der Waals surface area contributed by atoms with Crippen molar-refractivity contribution in [3.8, 4) is 0 Å². The third kappa shape index (κ3) is 2.59. The Hall–Kier alpha value is -1.31. The lowest BCUT2D eigenvalue weighted by Crippen LogP contribution is -2.02. The summed E-state index contributed by atoms with van der Waals surface area (Å²) in [6, 6.07) is 6.01. The normalized spacial score (nSPS) is 12.4. The average Bonchev–Trinajstić information content (AvgIpc) is 2.20. The Morgan fingerprint density at radius 2 is 2.21 bits per heavy atom. The Bertz CT molecular complexity index is 320. The Labute approximate surface area is 85.1 Å². The van der Waals surface area contributed by atoms with E-state index in [-0.39, 0.29) is 5.92 Å². The van der Waals surface area contributed by atoms with Gasteiger partial charge in [0.15, 0.2) is 0 Å². The standard InChI is InChI=1S/C12H17NO/c1-3-11-7-10(4-5-12(11)13)6-9(2)8-14/h4-5,7-9H,3,6,13H2,1-2H3. The van der Waals surface area contributed by atoms with Crippen LogP contribution in [0.5, 0.6) is 0 Å². The van der Waals surface area contributed by atoms with Crippen molar-refractivity contribution >= 4 is 12.0 Å². The molecule has 76 valence electrons. The molecule has 0 bridgehead atoms. The molecule has 0 aliphatic carbocycles. The predicted molar refractivity (Wildman–Crippen MR) is 59.2 cm³/mol. The zero-order valence-corrected chi connectivity index (χ0v) is 8.79. The average molecular weight is 191 g/mol. The molecular formula is C12H17NO. The van der Waals surface area contributed by atoms with E-state index in [2.05, 4.69) is 13.0 Å². The summed E-state index contributed by atoms with van der Waals surface area (Å²) >= 11 is 0. The van der Waals surface area contributed by atoms with Gasteiger partial charge in [-0.1, -0.05) is 26.0 Å². The summed E-state index contributed by atoms with van der Waals surface area (Å²) in [5.74, 6) is 0.0864. The van der Waals surface area contributed by atoms with E-state index in [0.29, 0.717) is 0 Å². The molecule has 0 aliphatic rings. The highest BCUT2D eigenvalue weighted by molar-refractivity contribution is 5.54. The van der Waals surface area contributed by atoms with Crippen molar-refractivity contribution in [2.75, 3.05) is 5.73 Å². The van der Waals surface area contributed by atoms with Gasteiger partial charge < -0.3 is 10.5 Å². The van der Waals surface area contributed by atoms with Gasteiger partial charge in [0.05, 0.1) is 0 Å². The number of nitrogens with two attached hydrogens (primary N) is 1. The summed E-state index contributed by atoms with van der Waals surface area (Å²) < 4.78 is 0. The molecule has 2 nitrogen and oxygen atoms in total. The maximum atomic E-state index is 10.5. The number of carbonyl (C=O) groups excluding carboxylic acids is 1. The van der Waals surface area contributed by atoms with Crippen molar-refractivity contribution in [3.63, 3.8) is 0 Å². The first-order chi connectivity index (χ1) is 6.67. The summed E-state index contributed by atoms with van der Waals surface area (Å²) in [4.78, 5) is 10.5. The molecule has 0 spiro atoms. The van der Waals surface area contributed by atoms with E-state index in [1.54, 1.807) is 0 Å². The van der Waals surface area contributed by atoms with E-state index in [4.69, 9.17) is 5.73 Å². The molecule has 1 atom stereocenters. The van der Waals surface area contributed by atoms with Crippen molar-refractivity contribution in [3.05, 3.63) is 29.3 Å². The van der Waals surface area contributed by atoms with Gasteiger partial charge in [0.1, 0.15) is 6.29 Å². The molecule has 14 heavy (non-hydrogen) atoms. The van der Waals surface area contributed by atoms with Gasteiger partial charge in [0.2, 0.25) is 0 Å². The zero-order chi connectivity index (χ0) is 10.6. The maximum Gasteiger partial charge on any atom is 0.123 e. The predicted octanol–water partition coefficient (Wildman–Crippen LogP) is 2.21. The maximum absolute atomic E-state index is 10.5. The van der Waals surface area contributed by atoms with Crippen molar-refractivity contribution < 1.29 is 4.79 Å². The summed E-state index contributed by atoms with van der Waals surface area (Å²) in [6.07, 6.45) is 2.73. The molecule has 0 saturated carbocycles. The topological polar surface area (TPSA) is 43.1 Å². The fourth-order valence-electron chi connectivity index (χ4n) is 1.51. The second-order valence-electron chi connectivity index (χ2n) is 3.70. The fraction of sp³-hybridized carbons (Fsp3) is 0.417. The molecule has 0 radical (unpaired) electrons. The van der Waals surface area contributed by atoms with E-state index in [1.807, 2.05) is 19.1 Å². The number of hydrogen-bond donors (Lipinski definition) is 1. The molecule has 0 heterocycles. The first-order valence-electron chi connectivity index (χ1n) is 5.00. The molecule has 0 aromatic heterocycles. The Kier molecular flexibility index (Phi) is 3.69. The van der Waals surface area contributed by atoms with Crippen LogP contribution in [-0.4, -0.2) is 6.29 Å². The molecule has 0 amide bonds. The van der Waals surface area contributed by atoms with Crippen LogP contribution in [0.25, 0.3) is 0 Å². The largest absolute Gasteiger partial charge is 0.399 e. The number of aryl methyl sites for hydroxylation is 1. The van der Waals surface area contributed by atoms with Crippen LogP contribution in [-0.2, 0) is 17.6 Å². The van der Waals surface area contributed by atoms with Gasteiger partial charge in [-0.2, -0.15) is 0 Å². The zero-order valence-electron chi connectivity index (χ0n) is 8.79. The molecule has 1 unspecified atom stereocenters. The van der Waals surface area contributed by atoms with Crippen LogP contribution in [0.3, 0.4) is 0 Å². The van der Waals surface area contributed by atoms with Crippen LogP contribution in [0.2, 0.25) is 0 Å². The summed E-state index contributed by atoms with van der Waals surface area (Å²) in [6.45, 7) is 4.01. The molecule has 0 aliphatic heterocycles. The number of rotatable bonds is 4. The highest BCUT2D eigenvalue weighted by atomic mass is 16.1. The van der Waals surface area contributed by atoms with Crippen LogP contribution in [0.4, 0.5) is 5.69 Å². The van der Waals surface area contributed by atoms with Gasteiger partial charge >= 0.3 is 0 Å². The fourth-order valence-corrected chi connectivity index (χ4v) is 1.51. The van der Waals surface area contributed by atoms with E-state index >= 15 is 0 Å². The van der Waals surface area contributed by atoms with E-state index in [0.717, 1.165) is 24.8 Å². The smallest absolute Gasteiger partial charge is 0.123 e. The van der Waals surface area contributed by atoms with Crippen LogP contribution in [0.1, 0.15) is 25.0 Å². The Balaban J connectivity index is 2.84. The number of anilines is 1. The molecule has 1 aromatic carbocycles. The molecule has 1 aromatic rings. The monoisotopic (exact) mass is 191 g/mol. The van der Waals surface area contributed by atoms with E-state index in [1.165, 1.54) is 11.1 Å². The third-order valence-electron chi connectivity index (χ3n) is 2.38.